The van der Waals surface area contributed by atoms with Gasteiger partial charge in [0.1, 0.15) is 6.61 Å². The molecule has 0 aromatic rings. The standard InChI is InChI=1S/C8H12O5/c1-2-8(11)13-4-3-7(10)5-12-6-9/h2,6-7,10H,1,3-5H2. The highest BCUT2D eigenvalue weighted by atomic mass is 16.5. The topological polar surface area (TPSA) is 72.8 Å². The summed E-state index contributed by atoms with van der Waals surface area (Å²) in [4.78, 5) is 20.2. The average molecular weight is 188 g/mol. The largest absolute Gasteiger partial charge is 0.465 e. The highest BCUT2D eigenvalue weighted by molar-refractivity contribution is 5.81. The molecular weight excluding hydrogens is 176 g/mol. The molecule has 0 rings (SSSR count). The molecule has 1 N–H and O–H groups in total. The molecule has 0 saturated heterocycles. The van der Waals surface area contributed by atoms with Gasteiger partial charge in [0.25, 0.3) is 6.47 Å². The quantitative estimate of drug-likeness (QED) is 0.335. The van der Waals surface area contributed by atoms with E-state index in [0.29, 0.717) is 0 Å². The number of hydrogen-bond acceptors (Lipinski definition) is 5. The van der Waals surface area contributed by atoms with Gasteiger partial charge < -0.3 is 14.6 Å². The molecule has 5 heteroatoms. The van der Waals surface area contributed by atoms with Crippen molar-refractivity contribution in [3.05, 3.63) is 12.7 Å². The minimum atomic E-state index is -0.803. The summed E-state index contributed by atoms with van der Waals surface area (Å²) >= 11 is 0. The summed E-state index contributed by atoms with van der Waals surface area (Å²) in [6.07, 6.45) is 0.463. The van der Waals surface area contributed by atoms with E-state index in [1.165, 1.54) is 0 Å². The van der Waals surface area contributed by atoms with Crippen LogP contribution >= 0.6 is 0 Å². The zero-order valence-corrected chi connectivity index (χ0v) is 7.14. The van der Waals surface area contributed by atoms with E-state index in [4.69, 9.17) is 5.11 Å². The van der Waals surface area contributed by atoms with Crippen molar-refractivity contribution in [3.8, 4) is 0 Å². The number of carbonyl (C=O) groups excluding carboxylic acids is 2. The third-order valence-corrected chi connectivity index (χ3v) is 1.22. The third kappa shape index (κ3) is 7.02. The number of aliphatic hydroxyl groups is 1. The van der Waals surface area contributed by atoms with Crippen molar-refractivity contribution >= 4 is 12.4 Å². The number of ether oxygens (including phenoxy) is 2. The Kier molecular flexibility index (Phi) is 6.53. The van der Waals surface area contributed by atoms with Crippen molar-refractivity contribution in [1.29, 1.82) is 0 Å². The first-order valence-corrected chi connectivity index (χ1v) is 3.73. The first kappa shape index (κ1) is 11.6. The van der Waals surface area contributed by atoms with E-state index in [0.717, 1.165) is 6.08 Å². The van der Waals surface area contributed by atoms with E-state index >= 15 is 0 Å². The number of rotatable bonds is 7. The first-order valence-electron chi connectivity index (χ1n) is 3.73. The van der Waals surface area contributed by atoms with Crippen LogP contribution in [0.2, 0.25) is 0 Å². The molecule has 0 aromatic carbocycles. The minimum Gasteiger partial charge on any atom is -0.465 e. The van der Waals surface area contributed by atoms with Gasteiger partial charge in [0.2, 0.25) is 0 Å². The van der Waals surface area contributed by atoms with Gasteiger partial charge >= 0.3 is 5.97 Å². The molecule has 0 aliphatic rings. The van der Waals surface area contributed by atoms with Crippen LogP contribution in [0, 0.1) is 0 Å². The summed E-state index contributed by atoms with van der Waals surface area (Å²) in [6, 6.07) is 0. The third-order valence-electron chi connectivity index (χ3n) is 1.22. The first-order chi connectivity index (χ1) is 6.20. The number of hydrogen-bond donors (Lipinski definition) is 1. The van der Waals surface area contributed by atoms with Crippen LogP contribution in [0.1, 0.15) is 6.42 Å². The predicted octanol–water partition coefficient (Wildman–Crippen LogP) is -0.360. The van der Waals surface area contributed by atoms with Gasteiger partial charge in [0.15, 0.2) is 0 Å². The molecule has 0 aliphatic carbocycles. The Hall–Kier alpha value is -1.36. The zero-order chi connectivity index (χ0) is 10.1. The fraction of sp³-hybridized carbons (Fsp3) is 0.500. The van der Waals surface area contributed by atoms with Gasteiger partial charge in [-0.3, -0.25) is 4.79 Å². The van der Waals surface area contributed by atoms with Crippen LogP contribution in [-0.4, -0.2) is 36.9 Å². The lowest BCUT2D eigenvalue weighted by molar-refractivity contribution is -0.139. The van der Waals surface area contributed by atoms with E-state index in [1.807, 2.05) is 0 Å². The second kappa shape index (κ2) is 7.30. The van der Waals surface area contributed by atoms with Crippen LogP contribution in [0.4, 0.5) is 0 Å². The molecule has 0 aromatic heterocycles. The number of esters is 1. The minimum absolute atomic E-state index is 0.0776. The molecule has 0 spiro atoms. The zero-order valence-electron chi connectivity index (χ0n) is 7.14. The highest BCUT2D eigenvalue weighted by Crippen LogP contribution is 1.93. The molecule has 0 amide bonds. The van der Waals surface area contributed by atoms with E-state index in [1.54, 1.807) is 0 Å². The van der Waals surface area contributed by atoms with Gasteiger partial charge in [-0.15, -0.1) is 0 Å². The van der Waals surface area contributed by atoms with Crippen LogP contribution in [-0.2, 0) is 19.1 Å². The molecule has 0 saturated carbocycles. The maximum Gasteiger partial charge on any atom is 0.330 e. The van der Waals surface area contributed by atoms with E-state index in [-0.39, 0.29) is 26.1 Å². The second-order valence-electron chi connectivity index (χ2n) is 2.24. The van der Waals surface area contributed by atoms with Crippen molar-refractivity contribution in [2.75, 3.05) is 13.2 Å². The predicted molar refractivity (Wildman–Crippen MR) is 43.8 cm³/mol. The number of carbonyl (C=O) groups is 2. The Morgan fingerprint density at radius 3 is 2.85 bits per heavy atom. The normalized spacial score (nSPS) is 11.5. The monoisotopic (exact) mass is 188 g/mol. The molecule has 74 valence electrons. The molecule has 5 nitrogen and oxygen atoms in total. The van der Waals surface area contributed by atoms with Crippen molar-refractivity contribution in [3.63, 3.8) is 0 Å². The van der Waals surface area contributed by atoms with E-state index < -0.39 is 12.1 Å². The van der Waals surface area contributed by atoms with Crippen molar-refractivity contribution in [2.24, 2.45) is 0 Å². The molecule has 1 unspecified atom stereocenters. The number of aliphatic hydroxyl groups excluding tert-OH is 1. The Bertz CT molecular complexity index is 177. The van der Waals surface area contributed by atoms with E-state index in [9.17, 15) is 9.59 Å². The van der Waals surface area contributed by atoms with Crippen molar-refractivity contribution < 1.29 is 24.2 Å². The van der Waals surface area contributed by atoms with Gasteiger partial charge in [-0.05, 0) is 0 Å². The molecule has 0 bridgehead atoms. The molecule has 0 heterocycles. The van der Waals surface area contributed by atoms with Crippen LogP contribution in [0.5, 0.6) is 0 Å². The highest BCUT2D eigenvalue weighted by Gasteiger charge is 2.05. The lowest BCUT2D eigenvalue weighted by Crippen LogP contribution is -2.18. The van der Waals surface area contributed by atoms with Gasteiger partial charge in [0, 0.05) is 12.5 Å². The maximum absolute atomic E-state index is 10.5. The van der Waals surface area contributed by atoms with Gasteiger partial charge in [-0.2, -0.15) is 0 Å². The molecule has 13 heavy (non-hydrogen) atoms. The van der Waals surface area contributed by atoms with Gasteiger partial charge in [-0.1, -0.05) is 6.58 Å². The Balaban J connectivity index is 3.35. The molecule has 0 radical (unpaired) electrons. The molecule has 1 atom stereocenters. The van der Waals surface area contributed by atoms with Crippen LogP contribution in [0.3, 0.4) is 0 Å². The summed E-state index contributed by atoms with van der Waals surface area (Å²) in [7, 11) is 0. The summed E-state index contributed by atoms with van der Waals surface area (Å²) in [5.41, 5.74) is 0. The summed E-state index contributed by atoms with van der Waals surface area (Å²) in [5, 5.41) is 9.06. The summed E-state index contributed by atoms with van der Waals surface area (Å²) in [6.45, 7) is 3.44. The second-order valence-corrected chi connectivity index (χ2v) is 2.24. The lowest BCUT2D eigenvalue weighted by atomic mass is 10.3. The van der Waals surface area contributed by atoms with Gasteiger partial charge in [-0.25, -0.2) is 4.79 Å². The molecule has 0 fully saturated rings. The van der Waals surface area contributed by atoms with Crippen LogP contribution in [0.25, 0.3) is 0 Å². The average Bonchev–Trinajstić information content (AvgIpc) is 2.14. The Labute approximate surface area is 75.9 Å². The summed E-state index contributed by atoms with van der Waals surface area (Å²) in [5.74, 6) is -0.538. The SMILES string of the molecule is C=CC(=O)OCCC(O)COC=O. The smallest absolute Gasteiger partial charge is 0.330 e. The Morgan fingerprint density at radius 2 is 2.31 bits per heavy atom. The van der Waals surface area contributed by atoms with E-state index in [2.05, 4.69) is 16.1 Å². The van der Waals surface area contributed by atoms with Gasteiger partial charge in [0.05, 0.1) is 12.7 Å². The molecule has 0 aliphatic heterocycles. The van der Waals surface area contributed by atoms with Crippen molar-refractivity contribution in [2.45, 2.75) is 12.5 Å². The fourth-order valence-corrected chi connectivity index (χ4v) is 0.588. The Morgan fingerprint density at radius 1 is 1.62 bits per heavy atom. The van der Waals surface area contributed by atoms with Crippen molar-refractivity contribution in [1.82, 2.24) is 0 Å². The van der Waals surface area contributed by atoms with Crippen LogP contribution < -0.4 is 0 Å². The molecular formula is C8H12O5. The fourth-order valence-electron chi connectivity index (χ4n) is 0.588. The lowest BCUT2D eigenvalue weighted by Gasteiger charge is -2.08. The van der Waals surface area contributed by atoms with Crippen LogP contribution in [0.15, 0.2) is 12.7 Å². The maximum atomic E-state index is 10.5. The summed E-state index contributed by atoms with van der Waals surface area (Å²) < 4.78 is 8.87.